The van der Waals surface area contributed by atoms with Gasteiger partial charge in [-0.2, -0.15) is 5.10 Å². The third-order valence-electron chi connectivity index (χ3n) is 3.44. The van der Waals surface area contributed by atoms with E-state index in [1.807, 2.05) is 0 Å². The lowest BCUT2D eigenvalue weighted by atomic mass is 9.99. The van der Waals surface area contributed by atoms with E-state index in [-0.39, 0.29) is 0 Å². The van der Waals surface area contributed by atoms with Crippen molar-refractivity contribution in [2.75, 3.05) is 23.7 Å². The van der Waals surface area contributed by atoms with Crippen molar-refractivity contribution < 1.29 is 0 Å². The highest BCUT2D eigenvalue weighted by molar-refractivity contribution is 5.95. The smallest absolute Gasteiger partial charge is 0.188 e. The Bertz CT molecular complexity index is 526. The van der Waals surface area contributed by atoms with E-state index in [2.05, 4.69) is 32.0 Å². The highest BCUT2D eigenvalue weighted by atomic mass is 15.2. The van der Waals surface area contributed by atoms with Crippen molar-refractivity contribution in [1.29, 1.82) is 0 Å². The van der Waals surface area contributed by atoms with Gasteiger partial charge in [0, 0.05) is 13.1 Å². The van der Waals surface area contributed by atoms with E-state index < -0.39 is 0 Å². The van der Waals surface area contributed by atoms with Crippen LogP contribution in [0.1, 0.15) is 19.8 Å². The summed E-state index contributed by atoms with van der Waals surface area (Å²) in [6.45, 7) is 4.34. The summed E-state index contributed by atoms with van der Waals surface area (Å²) in [4.78, 5) is 10.7. The van der Waals surface area contributed by atoms with Crippen LogP contribution in [0.4, 0.5) is 11.6 Å². The van der Waals surface area contributed by atoms with Crippen LogP contribution in [0.15, 0.2) is 6.33 Å². The van der Waals surface area contributed by atoms with E-state index in [0.29, 0.717) is 11.5 Å². The van der Waals surface area contributed by atoms with Crippen molar-refractivity contribution in [3.05, 3.63) is 6.33 Å². The van der Waals surface area contributed by atoms with Gasteiger partial charge >= 0.3 is 0 Å². The molecule has 0 amide bonds. The molecule has 0 atom stereocenters. The lowest BCUT2D eigenvalue weighted by molar-refractivity contribution is 0.437. The minimum Gasteiger partial charge on any atom is -0.383 e. The zero-order valence-electron chi connectivity index (χ0n) is 9.85. The summed E-state index contributed by atoms with van der Waals surface area (Å²) in [5, 5.41) is 7.67. The number of nitrogens with one attached hydrogen (secondary N) is 1. The Hall–Kier alpha value is -1.85. The van der Waals surface area contributed by atoms with Crippen molar-refractivity contribution in [3.63, 3.8) is 0 Å². The molecule has 0 spiro atoms. The van der Waals surface area contributed by atoms with Crippen LogP contribution in [0.25, 0.3) is 11.0 Å². The normalized spacial score (nSPS) is 17.8. The Morgan fingerprint density at radius 1 is 1.35 bits per heavy atom. The van der Waals surface area contributed by atoms with E-state index in [0.717, 1.165) is 30.2 Å². The molecule has 90 valence electrons. The average Bonchev–Trinajstić information content (AvgIpc) is 2.73. The standard InChI is InChI=1S/C11H16N6/c1-7-2-4-17(5-3-7)11-8-9(12)15-16-10(8)13-6-14-11/h6-7H,2-5H2,1H3,(H3,12,13,14,15,16). The van der Waals surface area contributed by atoms with Gasteiger partial charge in [0.05, 0.1) is 0 Å². The van der Waals surface area contributed by atoms with Crippen LogP contribution in [-0.2, 0) is 0 Å². The van der Waals surface area contributed by atoms with E-state index in [4.69, 9.17) is 5.73 Å². The van der Waals surface area contributed by atoms with E-state index >= 15 is 0 Å². The Balaban J connectivity index is 2.02. The Morgan fingerprint density at radius 2 is 2.12 bits per heavy atom. The first-order valence-electron chi connectivity index (χ1n) is 5.95. The molecule has 1 aliphatic heterocycles. The molecule has 6 nitrogen and oxygen atoms in total. The van der Waals surface area contributed by atoms with Gasteiger partial charge in [-0.3, -0.25) is 5.10 Å². The summed E-state index contributed by atoms with van der Waals surface area (Å²) in [6, 6.07) is 0. The quantitative estimate of drug-likeness (QED) is 0.771. The fourth-order valence-corrected chi connectivity index (χ4v) is 2.32. The maximum absolute atomic E-state index is 5.89. The molecule has 0 aromatic carbocycles. The highest BCUT2D eigenvalue weighted by Gasteiger charge is 2.21. The monoisotopic (exact) mass is 232 g/mol. The summed E-state index contributed by atoms with van der Waals surface area (Å²) < 4.78 is 0. The Kier molecular flexibility index (Phi) is 2.35. The van der Waals surface area contributed by atoms with Crippen molar-refractivity contribution in [2.45, 2.75) is 19.8 Å². The zero-order valence-corrected chi connectivity index (χ0v) is 9.85. The summed E-state index contributed by atoms with van der Waals surface area (Å²) in [5.74, 6) is 2.26. The average molecular weight is 232 g/mol. The van der Waals surface area contributed by atoms with Crippen LogP contribution in [0.2, 0.25) is 0 Å². The maximum atomic E-state index is 5.89. The second-order valence-corrected chi connectivity index (χ2v) is 4.70. The number of nitrogen functional groups attached to an aromatic ring is 1. The molecule has 0 aliphatic carbocycles. The molecule has 3 N–H and O–H groups in total. The summed E-state index contributed by atoms with van der Waals surface area (Å²) >= 11 is 0. The van der Waals surface area contributed by atoms with Crippen LogP contribution in [-0.4, -0.2) is 33.3 Å². The van der Waals surface area contributed by atoms with Gasteiger partial charge in [-0.25, -0.2) is 9.97 Å². The van der Waals surface area contributed by atoms with E-state index in [1.165, 1.54) is 12.8 Å². The SMILES string of the molecule is CC1CCN(c2ncnc3n[nH]c(N)c23)CC1. The molecule has 0 unspecified atom stereocenters. The first-order valence-corrected chi connectivity index (χ1v) is 5.95. The van der Waals surface area contributed by atoms with Gasteiger partial charge in [-0.05, 0) is 18.8 Å². The van der Waals surface area contributed by atoms with Gasteiger partial charge in [-0.15, -0.1) is 0 Å². The lowest BCUT2D eigenvalue weighted by Crippen LogP contribution is -2.33. The third kappa shape index (κ3) is 1.69. The van der Waals surface area contributed by atoms with Gasteiger partial charge in [0.1, 0.15) is 23.3 Å². The number of aromatic amines is 1. The Morgan fingerprint density at radius 3 is 2.88 bits per heavy atom. The number of anilines is 2. The Labute approximate surface area is 99.2 Å². The topological polar surface area (TPSA) is 83.7 Å². The molecule has 17 heavy (non-hydrogen) atoms. The number of nitrogens with zero attached hydrogens (tertiary/aromatic N) is 4. The van der Waals surface area contributed by atoms with Crippen molar-refractivity contribution in [3.8, 4) is 0 Å². The first kappa shape index (κ1) is 10.3. The molecule has 1 saturated heterocycles. The van der Waals surface area contributed by atoms with Crippen LogP contribution >= 0.6 is 0 Å². The number of fused-ring (bicyclic) bond motifs is 1. The van der Waals surface area contributed by atoms with Crippen LogP contribution < -0.4 is 10.6 Å². The fourth-order valence-electron chi connectivity index (χ4n) is 2.32. The fraction of sp³-hybridized carbons (Fsp3) is 0.545. The summed E-state index contributed by atoms with van der Waals surface area (Å²) in [6.07, 6.45) is 3.95. The van der Waals surface area contributed by atoms with Crippen molar-refractivity contribution in [2.24, 2.45) is 5.92 Å². The molecule has 0 radical (unpaired) electrons. The van der Waals surface area contributed by atoms with E-state index in [1.54, 1.807) is 6.33 Å². The number of piperidine rings is 1. The lowest BCUT2D eigenvalue weighted by Gasteiger charge is -2.31. The second-order valence-electron chi connectivity index (χ2n) is 4.70. The number of H-pyrrole nitrogens is 1. The predicted molar refractivity (Wildman–Crippen MR) is 66.7 cm³/mol. The van der Waals surface area contributed by atoms with Crippen LogP contribution in [0, 0.1) is 5.92 Å². The number of aromatic nitrogens is 4. The predicted octanol–water partition coefficient (Wildman–Crippen LogP) is 1.17. The van der Waals surface area contributed by atoms with Gasteiger partial charge in [0.15, 0.2) is 5.65 Å². The molecular weight excluding hydrogens is 216 g/mol. The molecular formula is C11H16N6. The van der Waals surface area contributed by atoms with E-state index in [9.17, 15) is 0 Å². The minimum absolute atomic E-state index is 0.550. The molecule has 3 rings (SSSR count). The summed E-state index contributed by atoms with van der Waals surface area (Å²) in [7, 11) is 0. The molecule has 1 fully saturated rings. The van der Waals surface area contributed by atoms with Crippen molar-refractivity contribution >= 4 is 22.7 Å². The van der Waals surface area contributed by atoms with Gasteiger partial charge in [0.2, 0.25) is 0 Å². The molecule has 0 bridgehead atoms. The van der Waals surface area contributed by atoms with Crippen LogP contribution in [0.5, 0.6) is 0 Å². The number of hydrogen-bond acceptors (Lipinski definition) is 5. The molecule has 3 heterocycles. The largest absolute Gasteiger partial charge is 0.383 e. The van der Waals surface area contributed by atoms with Crippen LogP contribution in [0.3, 0.4) is 0 Å². The minimum atomic E-state index is 0.550. The van der Waals surface area contributed by atoms with Gasteiger partial charge in [-0.1, -0.05) is 6.92 Å². The third-order valence-corrected chi connectivity index (χ3v) is 3.44. The van der Waals surface area contributed by atoms with Gasteiger partial charge in [0.25, 0.3) is 0 Å². The summed E-state index contributed by atoms with van der Waals surface area (Å²) in [5.41, 5.74) is 6.53. The molecule has 2 aromatic heterocycles. The molecule has 2 aromatic rings. The second kappa shape index (κ2) is 3.87. The van der Waals surface area contributed by atoms with Gasteiger partial charge < -0.3 is 10.6 Å². The number of rotatable bonds is 1. The number of nitrogens with two attached hydrogens (primary N) is 1. The zero-order chi connectivity index (χ0) is 11.8. The molecule has 1 aliphatic rings. The first-order chi connectivity index (χ1) is 8.25. The molecule has 6 heteroatoms. The molecule has 0 saturated carbocycles. The highest BCUT2D eigenvalue weighted by Crippen LogP contribution is 2.29. The maximum Gasteiger partial charge on any atom is 0.188 e. The number of hydrogen-bond donors (Lipinski definition) is 2. The van der Waals surface area contributed by atoms with Crippen molar-refractivity contribution in [1.82, 2.24) is 20.2 Å².